The Morgan fingerprint density at radius 3 is 1.84 bits per heavy atom. The lowest BCUT2D eigenvalue weighted by Gasteiger charge is -2.42. The van der Waals surface area contributed by atoms with Gasteiger partial charge in [-0.1, -0.05) is 50.2 Å². The lowest BCUT2D eigenvalue weighted by atomic mass is 9.92. The molecule has 38 heavy (non-hydrogen) atoms. The zero-order chi connectivity index (χ0) is 28.8. The van der Waals surface area contributed by atoms with Crippen LogP contribution in [0.5, 0.6) is 0 Å². The number of hydrogen-bond acceptors (Lipinski definition) is 6. The molecule has 0 fully saturated rings. The Morgan fingerprint density at radius 1 is 0.974 bits per heavy atom. The second-order valence-corrected chi connectivity index (χ2v) is 12.8. The topological polar surface area (TPSA) is 97.5 Å². The molecule has 0 saturated carbocycles. The van der Waals surface area contributed by atoms with Gasteiger partial charge in [-0.3, -0.25) is 14.5 Å². The number of ketones is 1. The van der Waals surface area contributed by atoms with Crippen LogP contribution in [0.3, 0.4) is 0 Å². The summed E-state index contributed by atoms with van der Waals surface area (Å²) >= 11 is 1.40. The van der Waals surface area contributed by atoms with Gasteiger partial charge in [-0.15, -0.1) is 0 Å². The Morgan fingerprint density at radius 2 is 1.47 bits per heavy atom. The molecule has 2 aromatic carbocycles. The molecule has 2 rings (SSSR count). The SMILES string of the molecule is CSCC[C@@H](C(C)=O)N([C@@H](c1ccc(-c2ccc(S(C)(=O)=O)cc2)cc1)C(F)(F)F)[C@@H](CC(C)C)C(N)=O. The third-order valence-electron chi connectivity index (χ3n) is 6.26. The van der Waals surface area contributed by atoms with Gasteiger partial charge < -0.3 is 5.73 Å². The number of halogens is 3. The van der Waals surface area contributed by atoms with Gasteiger partial charge in [0.15, 0.2) is 9.84 Å². The Bertz CT molecular complexity index is 1200. The number of sulfone groups is 1. The van der Waals surface area contributed by atoms with Crippen LogP contribution < -0.4 is 5.73 Å². The van der Waals surface area contributed by atoms with Crippen LogP contribution in [-0.2, 0) is 19.4 Å². The van der Waals surface area contributed by atoms with Crippen molar-refractivity contribution < 1.29 is 31.2 Å². The number of carbonyl (C=O) groups excluding carboxylic acids is 2. The number of nitrogens with two attached hydrogens (primary N) is 1. The number of primary amides is 1. The monoisotopic (exact) mass is 572 g/mol. The molecule has 0 saturated heterocycles. The minimum Gasteiger partial charge on any atom is -0.368 e. The quantitative estimate of drug-likeness (QED) is 0.351. The van der Waals surface area contributed by atoms with Gasteiger partial charge in [-0.2, -0.15) is 24.9 Å². The fourth-order valence-corrected chi connectivity index (χ4v) is 5.57. The first-order valence-electron chi connectivity index (χ1n) is 12.1. The Labute approximate surface area is 227 Å². The van der Waals surface area contributed by atoms with Crippen molar-refractivity contribution in [3.8, 4) is 11.1 Å². The van der Waals surface area contributed by atoms with Gasteiger partial charge in [0.05, 0.1) is 17.0 Å². The zero-order valence-corrected chi connectivity index (χ0v) is 23.8. The van der Waals surface area contributed by atoms with Crippen LogP contribution in [0.2, 0.25) is 0 Å². The van der Waals surface area contributed by atoms with Crippen LogP contribution in [0.1, 0.15) is 45.2 Å². The van der Waals surface area contributed by atoms with Crippen LogP contribution in [0.15, 0.2) is 53.4 Å². The molecule has 0 aliphatic rings. The summed E-state index contributed by atoms with van der Waals surface area (Å²) in [5, 5.41) is 0. The first-order valence-corrected chi connectivity index (χ1v) is 15.4. The minimum absolute atomic E-state index is 0.0652. The van der Waals surface area contributed by atoms with E-state index in [0.717, 1.165) is 11.2 Å². The highest BCUT2D eigenvalue weighted by Gasteiger charge is 2.51. The van der Waals surface area contributed by atoms with Gasteiger partial charge in [-0.25, -0.2) is 8.42 Å². The summed E-state index contributed by atoms with van der Waals surface area (Å²) in [6.07, 6.45) is -1.72. The molecule has 1 amide bonds. The maximum absolute atomic E-state index is 14.8. The number of amides is 1. The molecule has 6 nitrogen and oxygen atoms in total. The van der Waals surface area contributed by atoms with E-state index in [1.807, 2.05) is 0 Å². The molecule has 0 radical (unpaired) electrons. The van der Waals surface area contributed by atoms with E-state index in [-0.39, 0.29) is 29.2 Å². The van der Waals surface area contributed by atoms with E-state index < -0.39 is 45.8 Å². The summed E-state index contributed by atoms with van der Waals surface area (Å²) in [6, 6.07) is 7.00. The van der Waals surface area contributed by atoms with Gasteiger partial charge in [-0.05, 0) is 66.5 Å². The molecule has 11 heteroatoms. The number of nitrogens with zero attached hydrogens (tertiary/aromatic N) is 1. The predicted octanol–water partition coefficient (Wildman–Crippen LogP) is 5.27. The standard InChI is InChI=1S/C27H35F3N2O4S2/c1-17(2)16-24(26(31)34)32(23(18(3)33)14-15-37-4)25(27(28,29)30)21-8-6-19(7-9-21)20-10-12-22(13-11-20)38(5,35)36/h6-13,17,23-25H,14-16H2,1-5H3,(H2,31,34)/t23-,24-,25-/m0/s1. The predicted molar refractivity (Wildman–Crippen MR) is 146 cm³/mol. The second kappa shape index (κ2) is 13.1. The number of Topliss-reactive ketones (excluding diaryl/α,β-unsaturated/α-hetero) is 1. The fourth-order valence-electron chi connectivity index (χ4n) is 4.48. The van der Waals surface area contributed by atoms with Crippen molar-refractivity contribution in [1.29, 1.82) is 0 Å². The van der Waals surface area contributed by atoms with Crippen molar-refractivity contribution in [2.24, 2.45) is 11.7 Å². The fraction of sp³-hybridized carbons (Fsp3) is 0.481. The highest BCUT2D eigenvalue weighted by Crippen LogP contribution is 2.42. The van der Waals surface area contributed by atoms with Gasteiger partial charge in [0.2, 0.25) is 5.91 Å². The summed E-state index contributed by atoms with van der Waals surface area (Å²) in [5.41, 5.74) is 6.73. The Hall–Kier alpha value is -2.37. The molecule has 2 N–H and O–H groups in total. The molecule has 210 valence electrons. The first-order chi connectivity index (χ1) is 17.6. The second-order valence-electron chi connectivity index (χ2n) is 9.77. The van der Waals surface area contributed by atoms with E-state index in [1.54, 1.807) is 32.2 Å². The largest absolute Gasteiger partial charge is 0.408 e. The van der Waals surface area contributed by atoms with Crippen molar-refractivity contribution in [1.82, 2.24) is 4.90 Å². The average Bonchev–Trinajstić information content (AvgIpc) is 2.80. The molecule has 0 bridgehead atoms. The molecule has 0 unspecified atom stereocenters. The van der Waals surface area contributed by atoms with E-state index in [4.69, 9.17) is 5.73 Å². The smallest absolute Gasteiger partial charge is 0.368 e. The highest BCUT2D eigenvalue weighted by molar-refractivity contribution is 7.98. The maximum Gasteiger partial charge on any atom is 0.408 e. The van der Waals surface area contributed by atoms with Crippen LogP contribution in [-0.4, -0.2) is 61.5 Å². The van der Waals surface area contributed by atoms with Gasteiger partial charge in [0, 0.05) is 6.26 Å². The van der Waals surface area contributed by atoms with E-state index in [2.05, 4.69) is 0 Å². The third kappa shape index (κ3) is 8.31. The normalized spacial score (nSPS) is 14.9. The molecular formula is C27H35F3N2O4S2. The summed E-state index contributed by atoms with van der Waals surface area (Å²) in [7, 11) is -3.39. The molecule has 0 heterocycles. The van der Waals surface area contributed by atoms with Crippen molar-refractivity contribution in [3.05, 3.63) is 54.1 Å². The maximum atomic E-state index is 14.8. The van der Waals surface area contributed by atoms with Crippen LogP contribution in [0, 0.1) is 5.92 Å². The number of thioether (sulfide) groups is 1. The molecule has 0 aromatic heterocycles. The van der Waals surface area contributed by atoms with Crippen molar-refractivity contribution in [2.75, 3.05) is 18.3 Å². The molecule has 0 spiro atoms. The average molecular weight is 573 g/mol. The summed E-state index contributed by atoms with van der Waals surface area (Å²) < 4.78 is 67.8. The van der Waals surface area contributed by atoms with E-state index in [9.17, 15) is 31.2 Å². The van der Waals surface area contributed by atoms with Crippen LogP contribution >= 0.6 is 11.8 Å². The van der Waals surface area contributed by atoms with Crippen molar-refractivity contribution in [3.63, 3.8) is 0 Å². The number of rotatable bonds is 13. The van der Waals surface area contributed by atoms with E-state index in [1.165, 1.54) is 55.1 Å². The van der Waals surface area contributed by atoms with Gasteiger partial charge in [0.1, 0.15) is 11.8 Å². The lowest BCUT2D eigenvalue weighted by molar-refractivity contribution is -0.200. The number of carbonyl (C=O) groups is 2. The van der Waals surface area contributed by atoms with E-state index >= 15 is 0 Å². The molecule has 2 aromatic rings. The zero-order valence-electron chi connectivity index (χ0n) is 22.2. The highest BCUT2D eigenvalue weighted by atomic mass is 32.2. The van der Waals surface area contributed by atoms with E-state index in [0.29, 0.717) is 16.9 Å². The number of benzene rings is 2. The number of hydrogen-bond donors (Lipinski definition) is 1. The summed E-state index contributed by atoms with van der Waals surface area (Å²) in [6.45, 7) is 4.80. The molecule has 0 aliphatic heterocycles. The molecule has 0 aliphatic carbocycles. The first kappa shape index (κ1) is 31.8. The molecular weight excluding hydrogens is 537 g/mol. The van der Waals surface area contributed by atoms with Crippen LogP contribution in [0.4, 0.5) is 13.2 Å². The minimum atomic E-state index is -4.81. The van der Waals surface area contributed by atoms with Crippen molar-refractivity contribution >= 4 is 33.3 Å². The lowest BCUT2D eigenvalue weighted by Crippen LogP contribution is -2.57. The van der Waals surface area contributed by atoms with Crippen molar-refractivity contribution in [2.45, 2.75) is 62.8 Å². The van der Waals surface area contributed by atoms with Crippen LogP contribution in [0.25, 0.3) is 11.1 Å². The Kier molecular flexibility index (Phi) is 11.0. The summed E-state index contributed by atoms with van der Waals surface area (Å²) in [4.78, 5) is 26.3. The van der Waals surface area contributed by atoms with Gasteiger partial charge in [0.25, 0.3) is 0 Å². The summed E-state index contributed by atoms with van der Waals surface area (Å²) in [5.74, 6) is -1.09. The van der Waals surface area contributed by atoms with Gasteiger partial charge >= 0.3 is 6.18 Å². The molecule has 3 atom stereocenters. The number of alkyl halides is 3. The Balaban J connectivity index is 2.64. The third-order valence-corrected chi connectivity index (χ3v) is 8.03.